The number of rotatable bonds is 8. The van der Waals surface area contributed by atoms with Crippen LogP contribution >= 0.6 is 0 Å². The Bertz CT molecular complexity index is 185. The minimum absolute atomic E-state index is 0.594. The highest BCUT2D eigenvalue weighted by molar-refractivity contribution is 4.85. The van der Waals surface area contributed by atoms with E-state index in [4.69, 9.17) is 4.74 Å². The van der Waals surface area contributed by atoms with Crippen molar-refractivity contribution in [3.63, 3.8) is 0 Å². The first kappa shape index (κ1) is 15.0. The number of unbranched alkanes of at least 4 members (excludes halogenated alkanes) is 1. The molecule has 0 amide bonds. The Morgan fingerprint density at radius 2 is 1.82 bits per heavy atom. The zero-order valence-corrected chi connectivity index (χ0v) is 12.1. The lowest BCUT2D eigenvalue weighted by molar-refractivity contribution is 0.144. The molecule has 0 spiro atoms. The summed E-state index contributed by atoms with van der Waals surface area (Å²) in [6, 6.07) is 0.618. The van der Waals surface area contributed by atoms with Crippen molar-refractivity contribution in [1.29, 1.82) is 0 Å². The van der Waals surface area contributed by atoms with Gasteiger partial charge in [0.25, 0.3) is 0 Å². The van der Waals surface area contributed by atoms with Crippen molar-refractivity contribution in [2.75, 3.05) is 20.3 Å². The largest absolute Gasteiger partial charge is 0.385 e. The third kappa shape index (κ3) is 5.87. The normalized spacial score (nSPS) is 19.8. The maximum atomic E-state index is 5.15. The zero-order valence-electron chi connectivity index (χ0n) is 12.1. The van der Waals surface area contributed by atoms with Gasteiger partial charge in [-0.1, -0.05) is 39.5 Å². The fraction of sp³-hybridized carbons (Fsp3) is 1.00. The average molecular weight is 241 g/mol. The molecule has 1 aliphatic rings. The van der Waals surface area contributed by atoms with Crippen molar-refractivity contribution in [2.24, 2.45) is 5.41 Å². The second kappa shape index (κ2) is 8.10. The van der Waals surface area contributed by atoms with Crippen molar-refractivity contribution in [3.8, 4) is 0 Å². The van der Waals surface area contributed by atoms with Gasteiger partial charge in [-0.15, -0.1) is 0 Å². The Morgan fingerprint density at radius 1 is 1.12 bits per heavy atom. The fourth-order valence-electron chi connectivity index (χ4n) is 2.98. The summed E-state index contributed by atoms with van der Waals surface area (Å²) in [6.45, 7) is 6.65. The zero-order chi connectivity index (χ0) is 12.6. The molecule has 2 heteroatoms. The van der Waals surface area contributed by atoms with Gasteiger partial charge in [-0.2, -0.15) is 0 Å². The molecule has 1 aliphatic carbocycles. The first-order valence-corrected chi connectivity index (χ1v) is 7.41. The smallest absolute Gasteiger partial charge is 0.0462 e. The Hall–Kier alpha value is -0.0800. The first-order valence-electron chi connectivity index (χ1n) is 7.41. The lowest BCUT2D eigenvalue weighted by Gasteiger charge is -2.38. The van der Waals surface area contributed by atoms with Crippen LogP contribution in [0.15, 0.2) is 0 Å². The summed E-state index contributed by atoms with van der Waals surface area (Å²) in [5, 5.41) is 3.67. The van der Waals surface area contributed by atoms with Gasteiger partial charge in [0.15, 0.2) is 0 Å². The maximum absolute atomic E-state index is 5.15. The van der Waals surface area contributed by atoms with Crippen LogP contribution in [0.5, 0.6) is 0 Å². The Kier molecular flexibility index (Phi) is 7.14. The van der Waals surface area contributed by atoms with Gasteiger partial charge in [-0.25, -0.2) is 0 Å². The van der Waals surface area contributed by atoms with Crippen LogP contribution in [0.2, 0.25) is 0 Å². The van der Waals surface area contributed by atoms with Crippen LogP contribution in [0.4, 0.5) is 0 Å². The van der Waals surface area contributed by atoms with Crippen LogP contribution < -0.4 is 5.32 Å². The molecule has 17 heavy (non-hydrogen) atoms. The molecule has 0 unspecified atom stereocenters. The SMILES string of the molecule is COCCCCC1(CNC(C)C)CCCCC1. The van der Waals surface area contributed by atoms with E-state index in [0.717, 1.165) is 6.61 Å². The number of methoxy groups -OCH3 is 1. The summed E-state index contributed by atoms with van der Waals surface area (Å²) >= 11 is 0. The quantitative estimate of drug-likeness (QED) is 0.653. The lowest BCUT2D eigenvalue weighted by Crippen LogP contribution is -2.39. The Labute approximate surface area is 108 Å². The highest BCUT2D eigenvalue weighted by Gasteiger charge is 2.31. The molecule has 0 heterocycles. The minimum atomic E-state index is 0.594. The monoisotopic (exact) mass is 241 g/mol. The molecule has 0 aromatic rings. The van der Waals surface area contributed by atoms with E-state index in [9.17, 15) is 0 Å². The molecule has 2 nitrogen and oxygen atoms in total. The molecular formula is C15H31NO. The molecule has 0 aliphatic heterocycles. The molecule has 1 fully saturated rings. The van der Waals surface area contributed by atoms with Gasteiger partial charge in [0.2, 0.25) is 0 Å². The standard InChI is InChI=1S/C15H31NO/c1-14(2)16-13-15(9-5-4-6-10-15)11-7-8-12-17-3/h14,16H,4-13H2,1-3H3. The molecule has 0 atom stereocenters. The van der Waals surface area contributed by atoms with Crippen molar-refractivity contribution < 1.29 is 4.74 Å². The molecule has 0 aromatic carbocycles. The molecule has 0 radical (unpaired) electrons. The Morgan fingerprint density at radius 3 is 2.41 bits per heavy atom. The van der Waals surface area contributed by atoms with Crippen LogP contribution in [0, 0.1) is 5.41 Å². The van der Waals surface area contributed by atoms with Gasteiger partial charge >= 0.3 is 0 Å². The van der Waals surface area contributed by atoms with Gasteiger partial charge in [0, 0.05) is 26.3 Å². The summed E-state index contributed by atoms with van der Waals surface area (Å²) in [4.78, 5) is 0. The van der Waals surface area contributed by atoms with E-state index in [0.29, 0.717) is 11.5 Å². The maximum Gasteiger partial charge on any atom is 0.0462 e. The molecule has 0 bridgehead atoms. The molecule has 1 N–H and O–H groups in total. The third-order valence-electron chi connectivity index (χ3n) is 4.11. The van der Waals surface area contributed by atoms with Crippen molar-refractivity contribution >= 4 is 0 Å². The highest BCUT2D eigenvalue weighted by atomic mass is 16.5. The first-order chi connectivity index (χ1) is 8.18. The summed E-state index contributed by atoms with van der Waals surface area (Å²) in [5.41, 5.74) is 0.594. The van der Waals surface area contributed by atoms with Crippen molar-refractivity contribution in [3.05, 3.63) is 0 Å². The summed E-state index contributed by atoms with van der Waals surface area (Å²) in [7, 11) is 1.80. The molecule has 0 aromatic heterocycles. The topological polar surface area (TPSA) is 21.3 Å². The highest BCUT2D eigenvalue weighted by Crippen LogP contribution is 2.40. The minimum Gasteiger partial charge on any atom is -0.385 e. The number of ether oxygens (including phenoxy) is 1. The van der Waals surface area contributed by atoms with Crippen molar-refractivity contribution in [2.45, 2.75) is 71.3 Å². The van der Waals surface area contributed by atoms with E-state index in [2.05, 4.69) is 19.2 Å². The summed E-state index contributed by atoms with van der Waals surface area (Å²) in [6.07, 6.45) is 11.1. The molecule has 1 saturated carbocycles. The predicted molar refractivity (Wildman–Crippen MR) is 74.4 cm³/mol. The van der Waals surface area contributed by atoms with Gasteiger partial charge in [0.1, 0.15) is 0 Å². The summed E-state index contributed by atoms with van der Waals surface area (Å²) in [5.74, 6) is 0. The second-order valence-corrected chi connectivity index (χ2v) is 6.05. The van der Waals surface area contributed by atoms with Crippen LogP contribution in [0.25, 0.3) is 0 Å². The van der Waals surface area contributed by atoms with E-state index in [-0.39, 0.29) is 0 Å². The molecule has 1 rings (SSSR count). The Balaban J connectivity index is 2.35. The van der Waals surface area contributed by atoms with Crippen LogP contribution in [-0.4, -0.2) is 26.3 Å². The van der Waals surface area contributed by atoms with Gasteiger partial charge in [-0.3, -0.25) is 0 Å². The molecular weight excluding hydrogens is 210 g/mol. The van der Waals surface area contributed by atoms with Gasteiger partial charge < -0.3 is 10.1 Å². The number of hydrogen-bond acceptors (Lipinski definition) is 2. The molecule has 102 valence electrons. The average Bonchev–Trinajstić information content (AvgIpc) is 2.34. The predicted octanol–water partition coefficient (Wildman–Crippen LogP) is 3.75. The third-order valence-corrected chi connectivity index (χ3v) is 4.11. The van der Waals surface area contributed by atoms with Gasteiger partial charge in [-0.05, 0) is 31.1 Å². The lowest BCUT2D eigenvalue weighted by atomic mass is 9.71. The summed E-state index contributed by atoms with van der Waals surface area (Å²) < 4.78 is 5.15. The van der Waals surface area contributed by atoms with E-state index < -0.39 is 0 Å². The molecule has 0 saturated heterocycles. The van der Waals surface area contributed by atoms with E-state index in [1.807, 2.05) is 0 Å². The number of hydrogen-bond donors (Lipinski definition) is 1. The van der Waals surface area contributed by atoms with Crippen LogP contribution in [-0.2, 0) is 4.74 Å². The van der Waals surface area contributed by atoms with Gasteiger partial charge in [0.05, 0.1) is 0 Å². The number of nitrogens with one attached hydrogen (secondary N) is 1. The van der Waals surface area contributed by atoms with Crippen molar-refractivity contribution in [1.82, 2.24) is 5.32 Å². The van der Waals surface area contributed by atoms with Crippen LogP contribution in [0.3, 0.4) is 0 Å². The fourth-order valence-corrected chi connectivity index (χ4v) is 2.98. The van der Waals surface area contributed by atoms with E-state index >= 15 is 0 Å². The van der Waals surface area contributed by atoms with Crippen LogP contribution in [0.1, 0.15) is 65.2 Å². The second-order valence-electron chi connectivity index (χ2n) is 6.05. The van der Waals surface area contributed by atoms with E-state index in [1.165, 1.54) is 57.9 Å². The van der Waals surface area contributed by atoms with E-state index in [1.54, 1.807) is 7.11 Å².